The van der Waals surface area contributed by atoms with Crippen LogP contribution in [0.4, 0.5) is 39.5 Å². The Bertz CT molecular complexity index is 605. The molecule has 0 bridgehead atoms. The van der Waals surface area contributed by atoms with Crippen LogP contribution in [0.5, 0.6) is 0 Å². The van der Waals surface area contributed by atoms with Gasteiger partial charge in [0, 0.05) is 48.2 Å². The molecule has 1 aliphatic carbocycles. The first kappa shape index (κ1) is 21.9. The SMILES string of the molecule is OC1(C(F)(F)F)C[C@]1(O)c1cc(C(F)(F)F)cc(C(F)(F)F)c1.[Ce]. The fourth-order valence-electron chi connectivity index (χ4n) is 2.20. The molecule has 2 N–H and O–H groups in total. The maximum Gasteiger partial charge on any atom is 0.420 e. The zero-order valence-corrected chi connectivity index (χ0v) is 14.4. The van der Waals surface area contributed by atoms with Crippen LogP contribution in [-0.2, 0) is 18.0 Å². The van der Waals surface area contributed by atoms with E-state index in [1.54, 1.807) is 0 Å². The van der Waals surface area contributed by atoms with E-state index >= 15 is 0 Å². The van der Waals surface area contributed by atoms with Crippen LogP contribution in [0.3, 0.4) is 0 Å². The third-order valence-electron chi connectivity index (χ3n) is 3.61. The number of halogens is 9. The van der Waals surface area contributed by atoms with E-state index in [1.165, 1.54) is 0 Å². The number of alkyl halides is 9. The molecular formula is C12H7CeF9O2. The molecule has 12 heteroatoms. The van der Waals surface area contributed by atoms with Gasteiger partial charge < -0.3 is 10.2 Å². The zero-order valence-electron chi connectivity index (χ0n) is 11.2. The zero-order chi connectivity index (χ0) is 18.1. The summed E-state index contributed by atoms with van der Waals surface area (Å²) in [5.74, 6) is 0. The van der Waals surface area contributed by atoms with Crippen molar-refractivity contribution >= 4 is 0 Å². The van der Waals surface area contributed by atoms with Gasteiger partial charge in [-0.2, -0.15) is 39.5 Å². The fraction of sp³-hybridized carbons (Fsp3) is 0.500. The van der Waals surface area contributed by atoms with E-state index < -0.39 is 52.8 Å². The molecule has 1 fully saturated rings. The van der Waals surface area contributed by atoms with E-state index in [4.69, 9.17) is 0 Å². The molecule has 1 aromatic carbocycles. The molecule has 2 rings (SSSR count). The Balaban J connectivity index is 0.00000288. The molecule has 0 saturated heterocycles. The van der Waals surface area contributed by atoms with Gasteiger partial charge in [0.25, 0.3) is 0 Å². The van der Waals surface area contributed by atoms with Crippen LogP contribution >= 0.6 is 0 Å². The molecule has 0 aromatic heterocycles. The van der Waals surface area contributed by atoms with Crippen LogP contribution in [0.25, 0.3) is 0 Å². The average Bonchev–Trinajstić information content (AvgIpc) is 2.92. The molecule has 0 amide bonds. The summed E-state index contributed by atoms with van der Waals surface area (Å²) < 4.78 is 114. The largest absolute Gasteiger partial charge is 0.420 e. The van der Waals surface area contributed by atoms with E-state index in [0.717, 1.165) is 0 Å². The molecule has 1 unspecified atom stereocenters. The fourth-order valence-corrected chi connectivity index (χ4v) is 2.20. The van der Waals surface area contributed by atoms with Gasteiger partial charge in [-0.15, -0.1) is 0 Å². The van der Waals surface area contributed by atoms with E-state index in [1.807, 2.05) is 0 Å². The van der Waals surface area contributed by atoms with Crippen molar-refractivity contribution in [3.05, 3.63) is 34.9 Å². The first-order valence-corrected chi connectivity index (χ1v) is 5.84. The molecule has 24 heavy (non-hydrogen) atoms. The summed E-state index contributed by atoms with van der Waals surface area (Å²) in [5.41, 5.74) is -12.1. The van der Waals surface area contributed by atoms with Crippen LogP contribution in [0.2, 0.25) is 0 Å². The molecule has 134 valence electrons. The minimum atomic E-state index is -5.42. The van der Waals surface area contributed by atoms with Gasteiger partial charge in [-0.25, -0.2) is 0 Å². The molecule has 2 atom stereocenters. The standard InChI is InChI=1S/C12H7F9O2.Ce/c13-10(14,15)6-1-5(2-7(3-6)11(16,17)18)8(22)4-9(8,23)12(19,20)21;/h1-3,22-23H,4H2;/t8-,9?;/m0./s1. The smallest absolute Gasteiger partial charge is 0.382 e. The van der Waals surface area contributed by atoms with Gasteiger partial charge >= 0.3 is 18.5 Å². The summed E-state index contributed by atoms with van der Waals surface area (Å²) in [6.07, 6.45) is -17.4. The number of rotatable bonds is 1. The molecule has 0 spiro atoms. The molecule has 2 nitrogen and oxygen atoms in total. The Morgan fingerprint density at radius 1 is 0.750 bits per heavy atom. The van der Waals surface area contributed by atoms with Gasteiger partial charge in [0.05, 0.1) is 11.1 Å². The second-order valence-corrected chi connectivity index (χ2v) is 5.19. The summed E-state index contributed by atoms with van der Waals surface area (Å²) in [4.78, 5) is 0. The van der Waals surface area contributed by atoms with Gasteiger partial charge in [-0.05, 0) is 23.8 Å². The third kappa shape index (κ3) is 3.55. The van der Waals surface area contributed by atoms with Crippen molar-refractivity contribution in [1.29, 1.82) is 0 Å². The number of hydrogen-bond donors (Lipinski definition) is 2. The van der Waals surface area contributed by atoms with E-state index in [9.17, 15) is 49.7 Å². The van der Waals surface area contributed by atoms with Crippen molar-refractivity contribution in [2.75, 3.05) is 0 Å². The topological polar surface area (TPSA) is 40.5 Å². The van der Waals surface area contributed by atoms with Gasteiger partial charge in [-0.3, -0.25) is 0 Å². The van der Waals surface area contributed by atoms with Crippen molar-refractivity contribution in [2.45, 2.75) is 36.2 Å². The molecule has 1 saturated carbocycles. The first-order valence-electron chi connectivity index (χ1n) is 5.84. The van der Waals surface area contributed by atoms with Gasteiger partial charge in [-0.1, -0.05) is 0 Å². The molecule has 1 aliphatic rings. The van der Waals surface area contributed by atoms with Crippen molar-refractivity contribution in [1.82, 2.24) is 0 Å². The number of hydrogen-bond acceptors (Lipinski definition) is 2. The Hall–Kier alpha value is -0.113. The quantitative estimate of drug-likeness (QED) is 0.586. The molecule has 0 heterocycles. The maximum atomic E-state index is 12.6. The Morgan fingerprint density at radius 2 is 1.12 bits per heavy atom. The minimum Gasteiger partial charge on any atom is -0.382 e. The second kappa shape index (κ2) is 5.96. The van der Waals surface area contributed by atoms with Crippen LogP contribution in [0.1, 0.15) is 23.1 Å². The molecular weight excluding hydrogens is 487 g/mol. The number of aliphatic hydroxyl groups is 2. The van der Waals surface area contributed by atoms with Crippen molar-refractivity contribution in [2.24, 2.45) is 0 Å². The maximum absolute atomic E-state index is 12.6. The third-order valence-corrected chi connectivity index (χ3v) is 3.61. The van der Waals surface area contributed by atoms with Crippen molar-refractivity contribution in [3.63, 3.8) is 0 Å². The summed E-state index contributed by atoms with van der Waals surface area (Å²) in [5, 5.41) is 19.0. The predicted molar refractivity (Wildman–Crippen MR) is 56.0 cm³/mol. The molecule has 1 aromatic rings. The van der Waals surface area contributed by atoms with Crippen LogP contribution < -0.4 is 0 Å². The summed E-state index contributed by atoms with van der Waals surface area (Å²) in [7, 11) is 0. The van der Waals surface area contributed by atoms with Crippen LogP contribution in [0.15, 0.2) is 18.2 Å². The van der Waals surface area contributed by atoms with Gasteiger partial charge in [0.15, 0.2) is 5.60 Å². The minimum absolute atomic E-state index is 0. The number of benzene rings is 1. The van der Waals surface area contributed by atoms with Crippen molar-refractivity contribution < 1.29 is 91.5 Å². The normalized spacial score (nSPS) is 27.6. The summed E-state index contributed by atoms with van der Waals surface area (Å²) in [6, 6.07) is -0.375. The first-order chi connectivity index (χ1) is 10.0. The molecule has 0 aliphatic heterocycles. The Labute approximate surface area is 162 Å². The van der Waals surface area contributed by atoms with E-state index in [2.05, 4.69) is 0 Å². The monoisotopic (exact) mass is 494 g/mol. The Morgan fingerprint density at radius 3 is 1.38 bits per heavy atom. The second-order valence-electron chi connectivity index (χ2n) is 5.19. The van der Waals surface area contributed by atoms with Gasteiger partial charge in [0.1, 0.15) is 5.60 Å². The van der Waals surface area contributed by atoms with Crippen LogP contribution in [0, 0.1) is 41.7 Å². The summed E-state index contributed by atoms with van der Waals surface area (Å²) >= 11 is 0. The van der Waals surface area contributed by atoms with Gasteiger partial charge in [0.2, 0.25) is 0 Å². The predicted octanol–water partition coefficient (Wildman–Crippen LogP) is 3.61. The van der Waals surface area contributed by atoms with Crippen LogP contribution in [-0.4, -0.2) is 22.0 Å². The Kier molecular flexibility index (Phi) is 5.45. The van der Waals surface area contributed by atoms with E-state index in [-0.39, 0.29) is 59.9 Å². The van der Waals surface area contributed by atoms with Crippen molar-refractivity contribution in [3.8, 4) is 0 Å². The average molecular weight is 494 g/mol. The van der Waals surface area contributed by atoms with E-state index in [0.29, 0.717) is 0 Å². The molecule has 0 radical (unpaired) electrons. The summed E-state index contributed by atoms with van der Waals surface area (Å²) in [6.45, 7) is 0.